The van der Waals surface area contributed by atoms with E-state index in [1.807, 2.05) is 29.6 Å². The first-order valence-corrected chi connectivity index (χ1v) is 11.8. The fourth-order valence-electron chi connectivity index (χ4n) is 4.08. The van der Waals surface area contributed by atoms with E-state index >= 15 is 0 Å². The summed E-state index contributed by atoms with van der Waals surface area (Å²) >= 11 is 1.44. The Hall–Kier alpha value is -2.67. The highest BCUT2D eigenvalue weighted by molar-refractivity contribution is 7.12. The average molecular weight is 451 g/mol. The molecule has 1 aliphatic heterocycles. The van der Waals surface area contributed by atoms with Gasteiger partial charge in [-0.1, -0.05) is 29.8 Å². The van der Waals surface area contributed by atoms with Crippen LogP contribution in [0.3, 0.4) is 0 Å². The maximum absolute atomic E-state index is 12.8. The van der Waals surface area contributed by atoms with Crippen LogP contribution in [0.4, 0.5) is 5.69 Å². The van der Waals surface area contributed by atoms with E-state index < -0.39 is 0 Å². The minimum Gasteiger partial charge on any atom is -0.488 e. The second kappa shape index (κ2) is 10.3. The van der Waals surface area contributed by atoms with Crippen molar-refractivity contribution in [3.63, 3.8) is 0 Å². The zero-order chi connectivity index (χ0) is 22.5. The van der Waals surface area contributed by atoms with Crippen LogP contribution >= 0.6 is 11.3 Å². The van der Waals surface area contributed by atoms with Crippen molar-refractivity contribution < 1.29 is 14.3 Å². The van der Waals surface area contributed by atoms with Gasteiger partial charge in [0.15, 0.2) is 0 Å². The first-order chi connectivity index (χ1) is 15.5. The minimum atomic E-state index is -0.0903. The van der Waals surface area contributed by atoms with Gasteiger partial charge in [-0.2, -0.15) is 0 Å². The number of ether oxygens (including phenoxy) is 2. The largest absolute Gasteiger partial charge is 0.488 e. The van der Waals surface area contributed by atoms with Crippen LogP contribution in [0.15, 0.2) is 47.8 Å². The molecule has 1 amide bonds. The Bertz CT molecular complexity index is 1060. The number of hydrogen-bond donors (Lipinski definition) is 1. The number of nitrogens with one attached hydrogen (secondary N) is 1. The summed E-state index contributed by atoms with van der Waals surface area (Å²) in [5.41, 5.74) is 6.50. The molecule has 2 heterocycles. The Kier molecular flexibility index (Phi) is 7.25. The van der Waals surface area contributed by atoms with Gasteiger partial charge >= 0.3 is 0 Å². The maximum Gasteiger partial charge on any atom is 0.265 e. The van der Waals surface area contributed by atoms with Crippen molar-refractivity contribution >= 4 is 22.9 Å². The van der Waals surface area contributed by atoms with Crippen LogP contribution in [0.1, 0.15) is 37.5 Å². The van der Waals surface area contributed by atoms with E-state index in [0.717, 1.165) is 61.0 Å². The lowest BCUT2D eigenvalue weighted by molar-refractivity contribution is 0.0342. The van der Waals surface area contributed by atoms with Gasteiger partial charge in [-0.15, -0.1) is 11.3 Å². The molecular formula is C26H30N2O3S. The van der Waals surface area contributed by atoms with Gasteiger partial charge in [0.05, 0.1) is 18.1 Å². The second-order valence-corrected chi connectivity index (χ2v) is 9.29. The molecule has 1 saturated heterocycles. The van der Waals surface area contributed by atoms with E-state index in [4.69, 9.17) is 9.47 Å². The number of nitrogens with zero attached hydrogens (tertiary/aromatic N) is 1. The van der Waals surface area contributed by atoms with Gasteiger partial charge < -0.3 is 14.8 Å². The molecule has 4 rings (SSSR count). The van der Waals surface area contributed by atoms with Crippen molar-refractivity contribution in [2.24, 2.45) is 0 Å². The minimum absolute atomic E-state index is 0.0903. The van der Waals surface area contributed by atoms with Crippen LogP contribution in [-0.4, -0.2) is 37.1 Å². The highest BCUT2D eigenvalue weighted by atomic mass is 32.1. The Morgan fingerprint density at radius 3 is 2.56 bits per heavy atom. The van der Waals surface area contributed by atoms with Crippen LogP contribution in [0.2, 0.25) is 0 Å². The number of carbonyl (C=O) groups is 1. The van der Waals surface area contributed by atoms with E-state index in [9.17, 15) is 4.79 Å². The van der Waals surface area contributed by atoms with Gasteiger partial charge in [0.1, 0.15) is 12.4 Å². The normalized spacial score (nSPS) is 14.3. The Labute approximate surface area is 194 Å². The lowest BCUT2D eigenvalue weighted by Gasteiger charge is -2.26. The van der Waals surface area contributed by atoms with Crippen LogP contribution in [0.25, 0.3) is 0 Å². The monoisotopic (exact) mass is 450 g/mol. The zero-order valence-electron chi connectivity index (χ0n) is 18.9. The number of morpholine rings is 1. The van der Waals surface area contributed by atoms with Crippen LogP contribution in [-0.2, 0) is 17.9 Å². The molecule has 3 aromatic rings. The molecular weight excluding hydrogens is 420 g/mol. The number of thiophene rings is 1. The average Bonchev–Trinajstić information content (AvgIpc) is 3.23. The quantitative estimate of drug-likeness (QED) is 0.528. The van der Waals surface area contributed by atoms with E-state index in [1.165, 1.54) is 22.5 Å². The molecule has 5 nitrogen and oxygen atoms in total. The highest BCUT2D eigenvalue weighted by Gasteiger charge is 2.13. The molecule has 0 spiro atoms. The Morgan fingerprint density at radius 2 is 1.81 bits per heavy atom. The van der Waals surface area contributed by atoms with E-state index in [1.54, 1.807) is 0 Å². The van der Waals surface area contributed by atoms with Gasteiger partial charge in [0.25, 0.3) is 5.91 Å². The molecule has 0 radical (unpaired) electrons. The molecule has 0 unspecified atom stereocenters. The van der Waals surface area contributed by atoms with Crippen LogP contribution in [0, 0.1) is 20.8 Å². The third kappa shape index (κ3) is 5.76. The zero-order valence-corrected chi connectivity index (χ0v) is 19.8. The summed E-state index contributed by atoms with van der Waals surface area (Å²) < 4.78 is 11.5. The van der Waals surface area contributed by atoms with Crippen molar-refractivity contribution in [3.05, 3.63) is 80.5 Å². The molecule has 0 bridgehead atoms. The topological polar surface area (TPSA) is 50.8 Å². The SMILES string of the molecule is Cc1cc(C)c(OCc2csc(C(=O)Nc3cccc(CN4CCOCC4)c3)c2)c(C)c1. The number of carbonyl (C=O) groups excluding carboxylic acids is 1. The molecule has 1 N–H and O–H groups in total. The number of rotatable bonds is 7. The molecule has 6 heteroatoms. The first-order valence-electron chi connectivity index (χ1n) is 11.0. The summed E-state index contributed by atoms with van der Waals surface area (Å²) in [6.45, 7) is 11.0. The van der Waals surface area contributed by atoms with E-state index in [-0.39, 0.29) is 5.91 Å². The van der Waals surface area contributed by atoms with Crippen LogP contribution in [0.5, 0.6) is 5.75 Å². The Morgan fingerprint density at radius 1 is 1.06 bits per heavy atom. The highest BCUT2D eigenvalue weighted by Crippen LogP contribution is 2.26. The van der Waals surface area contributed by atoms with Gasteiger partial charge in [0.2, 0.25) is 0 Å². The number of hydrogen-bond acceptors (Lipinski definition) is 5. The predicted molar refractivity (Wildman–Crippen MR) is 130 cm³/mol. The fraction of sp³-hybridized carbons (Fsp3) is 0.346. The summed E-state index contributed by atoms with van der Waals surface area (Å²) in [7, 11) is 0. The fourth-order valence-corrected chi connectivity index (χ4v) is 4.87. The standard InChI is InChI=1S/C26H30N2O3S/c1-18-11-19(2)25(20(3)12-18)31-16-22-14-24(32-17-22)26(29)27-23-6-4-5-21(13-23)15-28-7-9-30-10-8-28/h4-6,11-14,17H,7-10,15-16H2,1-3H3,(H,27,29). The van der Waals surface area contributed by atoms with E-state index in [2.05, 4.69) is 49.2 Å². The Balaban J connectivity index is 1.35. The van der Waals surface area contributed by atoms with Crippen molar-refractivity contribution in [3.8, 4) is 5.75 Å². The van der Waals surface area contributed by atoms with Crippen molar-refractivity contribution in [2.45, 2.75) is 33.9 Å². The molecule has 168 valence electrons. The molecule has 0 aliphatic carbocycles. The molecule has 0 atom stereocenters. The second-order valence-electron chi connectivity index (χ2n) is 8.38. The lowest BCUT2D eigenvalue weighted by atomic mass is 10.1. The smallest absolute Gasteiger partial charge is 0.265 e. The van der Waals surface area contributed by atoms with Crippen molar-refractivity contribution in [1.29, 1.82) is 0 Å². The van der Waals surface area contributed by atoms with Gasteiger partial charge in [-0.3, -0.25) is 9.69 Å². The summed E-state index contributed by atoms with van der Waals surface area (Å²) in [5, 5.41) is 5.02. The van der Waals surface area contributed by atoms with Gasteiger partial charge in [0, 0.05) is 30.9 Å². The predicted octanol–water partition coefficient (Wildman–Crippen LogP) is 5.34. The number of anilines is 1. The number of benzene rings is 2. The summed E-state index contributed by atoms with van der Waals surface area (Å²) in [6.07, 6.45) is 0. The number of aryl methyl sites for hydroxylation is 3. The van der Waals surface area contributed by atoms with Crippen molar-refractivity contribution in [2.75, 3.05) is 31.6 Å². The third-order valence-corrected chi connectivity index (χ3v) is 6.54. The first kappa shape index (κ1) is 22.5. The summed E-state index contributed by atoms with van der Waals surface area (Å²) in [5.74, 6) is 0.831. The number of amides is 1. The van der Waals surface area contributed by atoms with Crippen molar-refractivity contribution in [1.82, 2.24) is 4.90 Å². The third-order valence-electron chi connectivity index (χ3n) is 5.56. The van der Waals surface area contributed by atoms with Gasteiger partial charge in [-0.05, 0) is 61.0 Å². The molecule has 2 aromatic carbocycles. The lowest BCUT2D eigenvalue weighted by Crippen LogP contribution is -2.35. The summed E-state index contributed by atoms with van der Waals surface area (Å²) in [6, 6.07) is 14.2. The van der Waals surface area contributed by atoms with Gasteiger partial charge in [-0.25, -0.2) is 0 Å². The molecule has 1 fully saturated rings. The molecule has 0 saturated carbocycles. The van der Waals surface area contributed by atoms with E-state index in [0.29, 0.717) is 11.5 Å². The molecule has 1 aromatic heterocycles. The molecule has 1 aliphatic rings. The van der Waals surface area contributed by atoms with Crippen LogP contribution < -0.4 is 10.1 Å². The summed E-state index contributed by atoms with van der Waals surface area (Å²) in [4.78, 5) is 15.8. The molecule has 32 heavy (non-hydrogen) atoms. The maximum atomic E-state index is 12.8.